The minimum absolute atomic E-state index is 0.0163. The Balaban J connectivity index is 1.32. The number of anilines is 1. The van der Waals surface area contributed by atoms with Crippen molar-refractivity contribution in [1.82, 2.24) is 15.2 Å². The van der Waals surface area contributed by atoms with E-state index in [1.807, 2.05) is 41.5 Å². The van der Waals surface area contributed by atoms with Crippen molar-refractivity contribution in [2.45, 2.75) is 38.6 Å². The van der Waals surface area contributed by atoms with Gasteiger partial charge in [-0.1, -0.05) is 12.1 Å². The molecule has 142 valence electrons. The molecule has 1 aromatic heterocycles. The van der Waals surface area contributed by atoms with Gasteiger partial charge in [-0.3, -0.25) is 4.79 Å². The van der Waals surface area contributed by atoms with Crippen LogP contribution >= 0.6 is 11.3 Å². The Hall–Kier alpha value is -2.41. The molecule has 6 nitrogen and oxygen atoms in total. The summed E-state index contributed by atoms with van der Waals surface area (Å²) < 4.78 is 0. The van der Waals surface area contributed by atoms with Gasteiger partial charge in [-0.2, -0.15) is 0 Å². The number of thiazole rings is 1. The van der Waals surface area contributed by atoms with Crippen LogP contribution in [0.5, 0.6) is 0 Å². The number of carbonyl (C=O) groups is 2. The number of amides is 3. The van der Waals surface area contributed by atoms with Gasteiger partial charge in [-0.25, -0.2) is 9.78 Å². The highest BCUT2D eigenvalue weighted by atomic mass is 32.1. The number of urea groups is 1. The summed E-state index contributed by atoms with van der Waals surface area (Å²) in [5.41, 5.74) is 2.73. The van der Waals surface area contributed by atoms with E-state index in [0.717, 1.165) is 34.8 Å². The van der Waals surface area contributed by atoms with Crippen LogP contribution in [0.4, 0.5) is 10.5 Å². The SMILES string of the molecule is Cc1nc(-c2cccc(NC(=O)C3CCN(C(=O)NC4CC4)CC3)c2)cs1. The lowest BCUT2D eigenvalue weighted by Crippen LogP contribution is -2.46. The molecule has 0 atom stereocenters. The van der Waals surface area contributed by atoms with Crippen molar-refractivity contribution in [1.29, 1.82) is 0 Å². The lowest BCUT2D eigenvalue weighted by molar-refractivity contribution is -0.121. The van der Waals surface area contributed by atoms with Crippen LogP contribution in [0.1, 0.15) is 30.7 Å². The van der Waals surface area contributed by atoms with Crippen LogP contribution in [0.2, 0.25) is 0 Å². The summed E-state index contributed by atoms with van der Waals surface area (Å²) in [5, 5.41) is 9.10. The summed E-state index contributed by atoms with van der Waals surface area (Å²) >= 11 is 1.62. The van der Waals surface area contributed by atoms with Crippen LogP contribution in [0.15, 0.2) is 29.6 Å². The summed E-state index contributed by atoms with van der Waals surface area (Å²) in [4.78, 5) is 31.1. The van der Waals surface area contributed by atoms with Gasteiger partial charge in [0.15, 0.2) is 0 Å². The van der Waals surface area contributed by atoms with E-state index in [1.54, 1.807) is 11.3 Å². The molecule has 1 aliphatic carbocycles. The first-order chi connectivity index (χ1) is 13.1. The molecule has 27 heavy (non-hydrogen) atoms. The fourth-order valence-electron chi connectivity index (χ4n) is 3.33. The van der Waals surface area contributed by atoms with E-state index in [0.29, 0.717) is 32.0 Å². The van der Waals surface area contributed by atoms with Crippen molar-refractivity contribution in [2.24, 2.45) is 5.92 Å². The van der Waals surface area contributed by atoms with Crippen molar-refractivity contribution in [2.75, 3.05) is 18.4 Å². The first-order valence-electron chi connectivity index (χ1n) is 9.47. The van der Waals surface area contributed by atoms with Gasteiger partial charge >= 0.3 is 6.03 Å². The fraction of sp³-hybridized carbons (Fsp3) is 0.450. The molecule has 1 aromatic carbocycles. The van der Waals surface area contributed by atoms with Gasteiger partial charge in [0.1, 0.15) is 0 Å². The van der Waals surface area contributed by atoms with E-state index in [1.165, 1.54) is 0 Å². The first-order valence-corrected chi connectivity index (χ1v) is 10.4. The molecule has 1 saturated carbocycles. The monoisotopic (exact) mass is 384 g/mol. The summed E-state index contributed by atoms with van der Waals surface area (Å²) in [6.45, 7) is 3.25. The molecule has 0 radical (unpaired) electrons. The van der Waals surface area contributed by atoms with Crippen LogP contribution < -0.4 is 10.6 Å². The second-order valence-corrected chi connectivity index (χ2v) is 8.37. The van der Waals surface area contributed by atoms with Crippen molar-refractivity contribution < 1.29 is 9.59 Å². The lowest BCUT2D eigenvalue weighted by Gasteiger charge is -2.31. The van der Waals surface area contributed by atoms with Gasteiger partial charge in [-0.15, -0.1) is 11.3 Å². The largest absolute Gasteiger partial charge is 0.335 e. The van der Waals surface area contributed by atoms with Crippen molar-refractivity contribution in [3.05, 3.63) is 34.7 Å². The maximum absolute atomic E-state index is 12.6. The fourth-order valence-corrected chi connectivity index (χ4v) is 3.96. The van der Waals surface area contributed by atoms with E-state index in [2.05, 4.69) is 15.6 Å². The highest BCUT2D eigenvalue weighted by Gasteiger charge is 2.30. The van der Waals surface area contributed by atoms with E-state index in [-0.39, 0.29) is 17.9 Å². The third kappa shape index (κ3) is 4.47. The number of nitrogens with zero attached hydrogens (tertiary/aromatic N) is 2. The maximum atomic E-state index is 12.6. The summed E-state index contributed by atoms with van der Waals surface area (Å²) in [5.74, 6) is -0.0241. The predicted octanol–water partition coefficient (Wildman–Crippen LogP) is 3.64. The van der Waals surface area contributed by atoms with Crippen LogP contribution in [0.3, 0.4) is 0 Å². The van der Waals surface area contributed by atoms with E-state index in [4.69, 9.17) is 0 Å². The van der Waals surface area contributed by atoms with E-state index in [9.17, 15) is 9.59 Å². The minimum atomic E-state index is -0.0554. The molecule has 2 aliphatic rings. The van der Waals surface area contributed by atoms with Gasteiger partial charge < -0.3 is 15.5 Å². The van der Waals surface area contributed by atoms with Crippen LogP contribution in [0, 0.1) is 12.8 Å². The average Bonchev–Trinajstić information content (AvgIpc) is 3.39. The second kappa shape index (κ2) is 7.68. The molecule has 1 aliphatic heterocycles. The Morgan fingerprint density at radius 2 is 1.96 bits per heavy atom. The number of aryl methyl sites for hydroxylation is 1. The number of aromatic nitrogens is 1. The zero-order valence-corrected chi connectivity index (χ0v) is 16.2. The molecule has 2 N–H and O–H groups in total. The quantitative estimate of drug-likeness (QED) is 0.845. The van der Waals surface area contributed by atoms with Crippen LogP contribution in [0.25, 0.3) is 11.3 Å². The Morgan fingerprint density at radius 3 is 2.63 bits per heavy atom. The standard InChI is InChI=1S/C20H24N4O2S/c1-13-21-18(12-27-13)15-3-2-4-17(11-15)22-19(25)14-7-9-24(10-8-14)20(26)23-16-5-6-16/h2-4,11-12,14,16H,5-10H2,1H3,(H,22,25)(H,23,26). The molecule has 2 aromatic rings. The number of hydrogen-bond acceptors (Lipinski definition) is 4. The number of benzene rings is 1. The van der Waals surface area contributed by atoms with Crippen LogP contribution in [-0.2, 0) is 4.79 Å². The molecule has 3 amide bonds. The Bertz CT molecular complexity index is 838. The third-order valence-electron chi connectivity index (χ3n) is 5.10. The smallest absolute Gasteiger partial charge is 0.317 e. The molecule has 2 heterocycles. The van der Waals surface area contributed by atoms with Crippen LogP contribution in [-0.4, -0.2) is 41.0 Å². The van der Waals surface area contributed by atoms with E-state index < -0.39 is 0 Å². The zero-order chi connectivity index (χ0) is 18.8. The van der Waals surface area contributed by atoms with Gasteiger partial charge in [0, 0.05) is 41.7 Å². The number of rotatable bonds is 4. The Kier molecular flexibility index (Phi) is 5.11. The Labute approximate surface area is 163 Å². The normalized spacial score (nSPS) is 17.6. The van der Waals surface area contributed by atoms with Crippen molar-refractivity contribution >= 4 is 29.0 Å². The third-order valence-corrected chi connectivity index (χ3v) is 5.88. The topological polar surface area (TPSA) is 74.3 Å². The average molecular weight is 385 g/mol. The van der Waals surface area contributed by atoms with Gasteiger partial charge in [0.2, 0.25) is 5.91 Å². The second-order valence-electron chi connectivity index (χ2n) is 7.31. The minimum Gasteiger partial charge on any atom is -0.335 e. The molecular formula is C20H24N4O2S. The Morgan fingerprint density at radius 1 is 1.19 bits per heavy atom. The lowest BCUT2D eigenvalue weighted by atomic mass is 9.96. The molecule has 2 fully saturated rings. The number of carbonyl (C=O) groups excluding carboxylic acids is 2. The molecular weight excluding hydrogens is 360 g/mol. The maximum Gasteiger partial charge on any atom is 0.317 e. The van der Waals surface area contributed by atoms with Gasteiger partial charge in [-0.05, 0) is 44.7 Å². The van der Waals surface area contributed by atoms with Crippen molar-refractivity contribution in [3.63, 3.8) is 0 Å². The highest BCUT2D eigenvalue weighted by molar-refractivity contribution is 7.09. The highest BCUT2D eigenvalue weighted by Crippen LogP contribution is 2.26. The number of likely N-dealkylation sites (tertiary alicyclic amines) is 1. The summed E-state index contributed by atoms with van der Waals surface area (Å²) in [6.07, 6.45) is 3.58. The number of piperidine rings is 1. The van der Waals surface area contributed by atoms with Gasteiger partial charge in [0.25, 0.3) is 0 Å². The molecule has 1 saturated heterocycles. The van der Waals surface area contributed by atoms with Crippen molar-refractivity contribution in [3.8, 4) is 11.3 Å². The van der Waals surface area contributed by atoms with Gasteiger partial charge in [0.05, 0.1) is 10.7 Å². The molecule has 0 bridgehead atoms. The molecule has 7 heteroatoms. The number of hydrogen-bond donors (Lipinski definition) is 2. The predicted molar refractivity (Wildman–Crippen MR) is 107 cm³/mol. The molecule has 4 rings (SSSR count). The molecule has 0 unspecified atom stereocenters. The zero-order valence-electron chi connectivity index (χ0n) is 15.4. The number of nitrogens with one attached hydrogen (secondary N) is 2. The molecule has 0 spiro atoms. The first kappa shape index (κ1) is 18.0. The summed E-state index contributed by atoms with van der Waals surface area (Å²) in [7, 11) is 0. The summed E-state index contributed by atoms with van der Waals surface area (Å²) in [6, 6.07) is 8.18. The van der Waals surface area contributed by atoms with E-state index >= 15 is 0 Å².